The molecule has 2 N–H and O–H groups in total. The van der Waals surface area contributed by atoms with Gasteiger partial charge in [0.15, 0.2) is 0 Å². The van der Waals surface area contributed by atoms with Gasteiger partial charge in [-0.25, -0.2) is 0 Å². The van der Waals surface area contributed by atoms with E-state index in [0.29, 0.717) is 4.47 Å². The molecule has 0 bridgehead atoms. The average molecular weight is 307 g/mol. The molecule has 0 unspecified atom stereocenters. The molecule has 6 heteroatoms. The number of carboxylic acids is 1. The Labute approximate surface area is 106 Å². The van der Waals surface area contributed by atoms with Gasteiger partial charge in [0.2, 0.25) is 0 Å². The van der Waals surface area contributed by atoms with Crippen LogP contribution < -0.4 is 5.32 Å². The molecule has 0 radical (unpaired) electrons. The zero-order valence-corrected chi connectivity index (χ0v) is 10.7. The van der Waals surface area contributed by atoms with E-state index in [0.717, 1.165) is 0 Å². The first kappa shape index (κ1) is 13.0. The maximum absolute atomic E-state index is 11.7. The van der Waals surface area contributed by atoms with Gasteiger partial charge in [-0.15, -0.1) is 0 Å². The van der Waals surface area contributed by atoms with Crippen LogP contribution in [0.1, 0.15) is 17.3 Å². The quantitative estimate of drug-likeness (QED) is 0.900. The summed E-state index contributed by atoms with van der Waals surface area (Å²) in [5.41, 5.74) is 0.240. The van der Waals surface area contributed by atoms with Gasteiger partial charge < -0.3 is 10.4 Å². The summed E-state index contributed by atoms with van der Waals surface area (Å²) in [4.78, 5) is 22.2. The average Bonchev–Trinajstić information content (AvgIpc) is 2.21. The monoisotopic (exact) mass is 305 g/mol. The zero-order valence-electron chi connectivity index (χ0n) is 8.33. The van der Waals surface area contributed by atoms with E-state index < -0.39 is 17.9 Å². The molecule has 0 aliphatic carbocycles. The Hall–Kier alpha value is -1.07. The maximum Gasteiger partial charge on any atom is 0.325 e. The molecule has 0 spiro atoms. The minimum atomic E-state index is -1.10. The van der Waals surface area contributed by atoms with Crippen LogP contribution in [0.15, 0.2) is 22.7 Å². The van der Waals surface area contributed by atoms with E-state index in [-0.39, 0.29) is 10.6 Å². The molecule has 0 saturated carbocycles. The van der Waals surface area contributed by atoms with E-state index in [1.54, 1.807) is 12.1 Å². The summed E-state index contributed by atoms with van der Waals surface area (Å²) >= 11 is 9.03. The Bertz CT molecular complexity index is 436. The standard InChI is InChI=1S/C10H9BrClNO3/c1-5(10(15)16)13-9(14)7-4-6(11)2-3-8(7)12/h2-5H,1H3,(H,13,14)(H,15,16)/t5-/m1/s1. The van der Waals surface area contributed by atoms with Crippen LogP contribution in [0.25, 0.3) is 0 Å². The van der Waals surface area contributed by atoms with Crippen molar-refractivity contribution in [1.82, 2.24) is 5.32 Å². The molecule has 0 aliphatic rings. The fourth-order valence-electron chi connectivity index (χ4n) is 1.01. The lowest BCUT2D eigenvalue weighted by Gasteiger charge is -2.10. The van der Waals surface area contributed by atoms with E-state index in [1.165, 1.54) is 13.0 Å². The number of nitrogens with one attached hydrogen (secondary N) is 1. The molecule has 16 heavy (non-hydrogen) atoms. The summed E-state index contributed by atoms with van der Waals surface area (Å²) in [6.45, 7) is 1.38. The second kappa shape index (κ2) is 5.32. The van der Waals surface area contributed by atoms with Crippen molar-refractivity contribution in [2.45, 2.75) is 13.0 Å². The number of carboxylic acid groups (broad SMARTS) is 1. The van der Waals surface area contributed by atoms with E-state index in [9.17, 15) is 9.59 Å². The fraction of sp³-hybridized carbons (Fsp3) is 0.200. The third-order valence-corrected chi connectivity index (χ3v) is 2.71. The van der Waals surface area contributed by atoms with Gasteiger partial charge in [-0.3, -0.25) is 9.59 Å². The van der Waals surface area contributed by atoms with Gasteiger partial charge in [0.1, 0.15) is 6.04 Å². The van der Waals surface area contributed by atoms with Gasteiger partial charge in [0.05, 0.1) is 10.6 Å². The van der Waals surface area contributed by atoms with Gasteiger partial charge in [0.25, 0.3) is 5.91 Å². The molecular formula is C10H9BrClNO3. The van der Waals surface area contributed by atoms with E-state index >= 15 is 0 Å². The Morgan fingerprint density at radius 1 is 1.50 bits per heavy atom. The van der Waals surface area contributed by atoms with E-state index in [4.69, 9.17) is 16.7 Å². The summed E-state index contributed by atoms with van der Waals surface area (Å²) in [5.74, 6) is -1.61. The molecule has 1 atom stereocenters. The predicted octanol–water partition coefficient (Wildman–Crippen LogP) is 2.31. The second-order valence-corrected chi connectivity index (χ2v) is 4.48. The first-order chi connectivity index (χ1) is 7.41. The van der Waals surface area contributed by atoms with Gasteiger partial charge in [-0.2, -0.15) is 0 Å². The highest BCUT2D eigenvalue weighted by molar-refractivity contribution is 9.10. The fourth-order valence-corrected chi connectivity index (χ4v) is 1.57. The normalized spacial score (nSPS) is 11.9. The van der Waals surface area contributed by atoms with Gasteiger partial charge in [-0.05, 0) is 25.1 Å². The molecule has 0 aliphatic heterocycles. The molecular weight excluding hydrogens is 297 g/mol. The van der Waals surface area contributed by atoms with Crippen LogP contribution in [0.4, 0.5) is 0 Å². The van der Waals surface area contributed by atoms with Gasteiger partial charge >= 0.3 is 5.97 Å². The number of hydrogen-bond acceptors (Lipinski definition) is 2. The summed E-state index contributed by atoms with van der Waals surface area (Å²) in [7, 11) is 0. The van der Waals surface area contributed by atoms with Crippen molar-refractivity contribution < 1.29 is 14.7 Å². The molecule has 0 aromatic heterocycles. The van der Waals surface area contributed by atoms with Crippen LogP contribution in [0.5, 0.6) is 0 Å². The highest BCUT2D eigenvalue weighted by Crippen LogP contribution is 2.20. The van der Waals surface area contributed by atoms with Crippen molar-refractivity contribution in [2.24, 2.45) is 0 Å². The molecule has 4 nitrogen and oxygen atoms in total. The number of halogens is 2. The minimum Gasteiger partial charge on any atom is -0.480 e. The van der Waals surface area contributed by atoms with Gasteiger partial charge in [0, 0.05) is 4.47 Å². The van der Waals surface area contributed by atoms with Crippen molar-refractivity contribution in [1.29, 1.82) is 0 Å². The third-order valence-electron chi connectivity index (χ3n) is 1.89. The summed E-state index contributed by atoms with van der Waals surface area (Å²) in [5, 5.41) is 11.2. The summed E-state index contributed by atoms with van der Waals surface area (Å²) < 4.78 is 0.699. The Kier molecular flexibility index (Phi) is 4.32. The largest absolute Gasteiger partial charge is 0.480 e. The highest BCUT2D eigenvalue weighted by Gasteiger charge is 2.17. The number of benzene rings is 1. The lowest BCUT2D eigenvalue weighted by Crippen LogP contribution is -2.38. The molecule has 1 rings (SSSR count). The molecule has 0 heterocycles. The van der Waals surface area contributed by atoms with Crippen LogP contribution in [0.3, 0.4) is 0 Å². The first-order valence-corrected chi connectivity index (χ1v) is 5.57. The third kappa shape index (κ3) is 3.21. The van der Waals surface area contributed by atoms with Crippen LogP contribution in [-0.2, 0) is 4.79 Å². The molecule has 0 fully saturated rings. The number of hydrogen-bond donors (Lipinski definition) is 2. The number of rotatable bonds is 3. The molecule has 0 saturated heterocycles. The smallest absolute Gasteiger partial charge is 0.325 e. The van der Waals surface area contributed by atoms with Crippen LogP contribution in [0.2, 0.25) is 5.02 Å². The zero-order chi connectivity index (χ0) is 12.3. The number of aliphatic carboxylic acids is 1. The van der Waals surface area contributed by atoms with Crippen molar-refractivity contribution in [3.63, 3.8) is 0 Å². The maximum atomic E-state index is 11.7. The van der Waals surface area contributed by atoms with Gasteiger partial charge in [-0.1, -0.05) is 27.5 Å². The Morgan fingerprint density at radius 2 is 2.12 bits per heavy atom. The van der Waals surface area contributed by atoms with Crippen molar-refractivity contribution >= 4 is 39.4 Å². The second-order valence-electron chi connectivity index (χ2n) is 3.16. The van der Waals surface area contributed by atoms with Crippen LogP contribution in [0, 0.1) is 0 Å². The lowest BCUT2D eigenvalue weighted by molar-refractivity contribution is -0.138. The Morgan fingerprint density at radius 3 is 2.69 bits per heavy atom. The summed E-state index contributed by atoms with van der Waals surface area (Å²) in [6, 6.07) is 3.83. The molecule has 1 aromatic rings. The Balaban J connectivity index is 2.88. The minimum absolute atomic E-state index is 0.240. The lowest BCUT2D eigenvalue weighted by atomic mass is 10.2. The van der Waals surface area contributed by atoms with Crippen LogP contribution in [-0.4, -0.2) is 23.0 Å². The van der Waals surface area contributed by atoms with E-state index in [2.05, 4.69) is 21.2 Å². The first-order valence-electron chi connectivity index (χ1n) is 4.40. The summed E-state index contributed by atoms with van der Waals surface area (Å²) in [6.07, 6.45) is 0. The SMILES string of the molecule is C[C@@H](NC(=O)c1cc(Br)ccc1Cl)C(=O)O. The molecule has 1 aromatic carbocycles. The van der Waals surface area contributed by atoms with E-state index in [1.807, 2.05) is 0 Å². The molecule has 86 valence electrons. The number of carbonyl (C=O) groups is 2. The number of amides is 1. The molecule has 1 amide bonds. The van der Waals surface area contributed by atoms with Crippen molar-refractivity contribution in [3.05, 3.63) is 33.3 Å². The number of carbonyl (C=O) groups excluding carboxylic acids is 1. The van der Waals surface area contributed by atoms with Crippen molar-refractivity contribution in [3.8, 4) is 0 Å². The highest BCUT2D eigenvalue weighted by atomic mass is 79.9. The topological polar surface area (TPSA) is 66.4 Å². The van der Waals surface area contributed by atoms with Crippen molar-refractivity contribution in [2.75, 3.05) is 0 Å². The van der Waals surface area contributed by atoms with Crippen LogP contribution >= 0.6 is 27.5 Å². The predicted molar refractivity (Wildman–Crippen MR) is 63.7 cm³/mol.